The fourth-order valence-electron chi connectivity index (χ4n) is 5.71. The van der Waals surface area contributed by atoms with Crippen LogP contribution in [0.3, 0.4) is 0 Å². The van der Waals surface area contributed by atoms with Crippen molar-refractivity contribution in [1.82, 2.24) is 39.6 Å². The lowest BCUT2D eigenvalue weighted by molar-refractivity contribution is -0.108. The van der Waals surface area contributed by atoms with Gasteiger partial charge in [0.15, 0.2) is 11.6 Å². The Labute approximate surface area is 277 Å². The molecule has 1 amide bonds. The first kappa shape index (κ1) is 32.0. The zero-order chi connectivity index (χ0) is 33.8. The highest BCUT2D eigenvalue weighted by Crippen LogP contribution is 2.33. The van der Waals surface area contributed by atoms with Gasteiger partial charge in [-0.25, -0.2) is 0 Å². The van der Waals surface area contributed by atoms with Gasteiger partial charge in [-0.2, -0.15) is 10.2 Å². The van der Waals surface area contributed by atoms with E-state index in [0.717, 1.165) is 39.9 Å². The molecule has 0 saturated heterocycles. The zero-order valence-electron chi connectivity index (χ0n) is 27.4. The van der Waals surface area contributed by atoms with Crippen LogP contribution in [0.4, 0.5) is 0 Å². The minimum atomic E-state index is -0.323. The Morgan fingerprint density at radius 1 is 0.896 bits per heavy atom. The van der Waals surface area contributed by atoms with Crippen LogP contribution in [0, 0.1) is 6.92 Å². The molecule has 246 valence electrons. The molecule has 0 aliphatic carbocycles. The largest absolute Gasteiger partial charge is 0.497 e. The van der Waals surface area contributed by atoms with Crippen molar-refractivity contribution < 1.29 is 23.8 Å². The molecule has 0 radical (unpaired) electrons. The summed E-state index contributed by atoms with van der Waals surface area (Å²) in [5.41, 5.74) is 5.07. The summed E-state index contributed by atoms with van der Waals surface area (Å²) in [4.78, 5) is 25.3. The molecule has 6 rings (SSSR count). The normalized spacial score (nSPS) is 11.1. The highest BCUT2D eigenvalue weighted by atomic mass is 16.5. The molecule has 48 heavy (non-hydrogen) atoms. The van der Waals surface area contributed by atoms with Crippen LogP contribution in [0.15, 0.2) is 66.9 Å². The van der Waals surface area contributed by atoms with Crippen molar-refractivity contribution in [2.45, 2.75) is 40.0 Å². The van der Waals surface area contributed by atoms with E-state index in [1.54, 1.807) is 50.4 Å². The van der Waals surface area contributed by atoms with E-state index < -0.39 is 0 Å². The Hall–Kier alpha value is -5.98. The van der Waals surface area contributed by atoms with Crippen molar-refractivity contribution in [3.05, 3.63) is 89.2 Å². The summed E-state index contributed by atoms with van der Waals surface area (Å²) >= 11 is 0. The van der Waals surface area contributed by atoms with E-state index in [9.17, 15) is 9.59 Å². The van der Waals surface area contributed by atoms with E-state index in [-0.39, 0.29) is 19.0 Å². The van der Waals surface area contributed by atoms with Crippen LogP contribution in [0.1, 0.15) is 34.1 Å². The van der Waals surface area contributed by atoms with Crippen molar-refractivity contribution in [2.24, 2.45) is 0 Å². The predicted octanol–water partition coefficient (Wildman–Crippen LogP) is 4.69. The molecule has 0 spiro atoms. The Morgan fingerprint density at radius 2 is 1.65 bits per heavy atom. The number of nitrogens with one attached hydrogen (secondary N) is 1. The average molecular weight is 649 g/mol. The third kappa shape index (κ3) is 6.21. The summed E-state index contributed by atoms with van der Waals surface area (Å²) < 4.78 is 21.7. The summed E-state index contributed by atoms with van der Waals surface area (Å²) in [6, 6.07) is 18.7. The molecule has 3 aromatic carbocycles. The van der Waals surface area contributed by atoms with Gasteiger partial charge in [-0.1, -0.05) is 12.1 Å². The van der Waals surface area contributed by atoms with E-state index in [1.807, 2.05) is 65.6 Å². The summed E-state index contributed by atoms with van der Waals surface area (Å²) in [7, 11) is 4.78. The molecule has 3 heterocycles. The van der Waals surface area contributed by atoms with Crippen molar-refractivity contribution in [3.63, 3.8) is 0 Å². The predicted molar refractivity (Wildman–Crippen MR) is 179 cm³/mol. The number of rotatable bonds is 13. The van der Waals surface area contributed by atoms with Crippen molar-refractivity contribution in [3.8, 4) is 40.2 Å². The minimum absolute atomic E-state index is 0.0236. The number of aldehydes is 1. The maximum absolute atomic E-state index is 13.8. The topological polar surface area (TPSA) is 140 Å². The van der Waals surface area contributed by atoms with Crippen molar-refractivity contribution >= 4 is 23.1 Å². The molecule has 0 saturated carbocycles. The van der Waals surface area contributed by atoms with Crippen LogP contribution in [-0.2, 0) is 31.0 Å². The SMILES string of the molecule is CCn1nc(C)cc1-c1nnc(-c2cc(C(=O)NCc3ccc(OC)cc3OC)cc3c2cnn3CC=O)n1Cc1ccc(OC)cc1. The van der Waals surface area contributed by atoms with Gasteiger partial charge >= 0.3 is 0 Å². The quantitative estimate of drug-likeness (QED) is 0.177. The number of carbonyl (C=O) groups excluding carboxylic acids is 2. The third-order valence-corrected chi connectivity index (χ3v) is 8.13. The fourth-order valence-corrected chi connectivity index (χ4v) is 5.71. The Kier molecular flexibility index (Phi) is 9.19. The molecular weight excluding hydrogens is 612 g/mol. The molecule has 3 aromatic heterocycles. The lowest BCUT2D eigenvalue weighted by atomic mass is 10.0. The van der Waals surface area contributed by atoms with Crippen molar-refractivity contribution in [2.75, 3.05) is 21.3 Å². The van der Waals surface area contributed by atoms with Gasteiger partial charge < -0.3 is 28.9 Å². The summed E-state index contributed by atoms with van der Waals surface area (Å²) in [6.07, 6.45) is 2.46. The number of nitrogens with zero attached hydrogens (tertiary/aromatic N) is 7. The summed E-state index contributed by atoms with van der Waals surface area (Å²) in [5, 5.41) is 22.2. The maximum atomic E-state index is 13.8. The second kappa shape index (κ2) is 13.8. The maximum Gasteiger partial charge on any atom is 0.251 e. The zero-order valence-corrected chi connectivity index (χ0v) is 27.4. The van der Waals surface area contributed by atoms with Gasteiger partial charge in [-0.3, -0.25) is 14.2 Å². The number of ether oxygens (including phenoxy) is 3. The average Bonchev–Trinajstić information content (AvgIpc) is 3.83. The standard InChI is InChI=1S/C35H36N8O5/c1-6-42-31(15-22(2)40-42)34-39-38-33(41(34)21-23-7-10-26(46-3)11-8-23)28-16-25(17-30-29(28)20-37-43(30)13-14-44)35(45)36-19-24-9-12-27(47-4)18-32(24)48-5/h7-12,14-18,20H,6,13,19,21H2,1-5H3,(H,36,45). The van der Waals surface area contributed by atoms with Gasteiger partial charge in [-0.15, -0.1) is 10.2 Å². The number of hydrogen-bond acceptors (Lipinski definition) is 9. The summed E-state index contributed by atoms with van der Waals surface area (Å²) in [6.45, 7) is 5.27. The molecule has 13 nitrogen and oxygen atoms in total. The van der Waals surface area contributed by atoms with Crippen LogP contribution in [0.5, 0.6) is 17.2 Å². The molecule has 0 bridgehead atoms. The lowest BCUT2D eigenvalue weighted by Crippen LogP contribution is -2.23. The first-order valence-electron chi connectivity index (χ1n) is 15.4. The first-order valence-corrected chi connectivity index (χ1v) is 15.4. The number of amides is 1. The van der Waals surface area contributed by atoms with Crippen molar-refractivity contribution in [1.29, 1.82) is 0 Å². The molecule has 0 aliphatic rings. The third-order valence-electron chi connectivity index (χ3n) is 8.13. The van der Waals surface area contributed by atoms with Crippen LogP contribution in [-0.4, -0.2) is 67.8 Å². The monoisotopic (exact) mass is 648 g/mol. The Balaban J connectivity index is 1.47. The Bertz CT molecular complexity index is 2090. The van der Waals surface area contributed by atoms with Gasteiger partial charge in [0.05, 0.1) is 51.8 Å². The molecule has 6 aromatic rings. The van der Waals surface area contributed by atoms with Crippen LogP contribution >= 0.6 is 0 Å². The number of aryl methyl sites for hydroxylation is 2. The molecular formula is C35H36N8O5. The van der Waals surface area contributed by atoms with Gasteiger partial charge in [0, 0.05) is 41.2 Å². The minimum Gasteiger partial charge on any atom is -0.497 e. The van der Waals surface area contributed by atoms with E-state index in [4.69, 9.17) is 19.3 Å². The van der Waals surface area contributed by atoms with Gasteiger partial charge in [0.1, 0.15) is 29.2 Å². The number of hydrogen-bond donors (Lipinski definition) is 1. The highest BCUT2D eigenvalue weighted by molar-refractivity contribution is 6.03. The molecule has 0 unspecified atom stereocenters. The van der Waals surface area contributed by atoms with E-state index >= 15 is 0 Å². The Morgan fingerprint density at radius 3 is 2.35 bits per heavy atom. The van der Waals surface area contributed by atoms with Crippen LogP contribution < -0.4 is 19.5 Å². The lowest BCUT2D eigenvalue weighted by Gasteiger charge is -2.14. The number of benzene rings is 3. The van der Waals surface area contributed by atoms with Crippen LogP contribution in [0.2, 0.25) is 0 Å². The van der Waals surface area contributed by atoms with Crippen LogP contribution in [0.25, 0.3) is 33.8 Å². The van der Waals surface area contributed by atoms with E-state index in [2.05, 4.69) is 20.6 Å². The van der Waals surface area contributed by atoms with E-state index in [0.29, 0.717) is 52.9 Å². The second-order valence-corrected chi connectivity index (χ2v) is 11.1. The summed E-state index contributed by atoms with van der Waals surface area (Å²) in [5.74, 6) is 2.82. The van der Waals surface area contributed by atoms with E-state index in [1.165, 1.54) is 0 Å². The number of aromatic nitrogens is 7. The molecule has 0 aliphatic heterocycles. The number of methoxy groups -OCH3 is 3. The number of fused-ring (bicyclic) bond motifs is 1. The highest BCUT2D eigenvalue weighted by Gasteiger charge is 2.24. The molecule has 13 heteroatoms. The van der Waals surface area contributed by atoms with Gasteiger partial charge in [0.2, 0.25) is 0 Å². The van der Waals surface area contributed by atoms with Gasteiger partial charge in [0.25, 0.3) is 5.91 Å². The smallest absolute Gasteiger partial charge is 0.251 e. The second-order valence-electron chi connectivity index (χ2n) is 11.1. The molecule has 0 atom stereocenters. The number of carbonyl (C=O) groups is 2. The molecule has 0 fully saturated rings. The van der Waals surface area contributed by atoms with Gasteiger partial charge in [-0.05, 0) is 61.9 Å². The first-order chi connectivity index (χ1) is 23.4. The fraction of sp³-hybridized carbons (Fsp3) is 0.257. The molecule has 1 N–H and O–H groups in total.